The summed E-state index contributed by atoms with van der Waals surface area (Å²) in [6, 6.07) is 7.77. The minimum Gasteiger partial charge on any atom is -0.338 e. The maximum absolute atomic E-state index is 13.0. The summed E-state index contributed by atoms with van der Waals surface area (Å²) < 4.78 is 1.37. The van der Waals surface area contributed by atoms with Crippen molar-refractivity contribution in [2.45, 2.75) is 25.9 Å². The number of halogens is 1. The van der Waals surface area contributed by atoms with Crippen LogP contribution in [0.1, 0.15) is 19.4 Å². The zero-order valence-electron chi connectivity index (χ0n) is 15.3. The van der Waals surface area contributed by atoms with Gasteiger partial charge < -0.3 is 4.90 Å². The highest BCUT2D eigenvalue weighted by molar-refractivity contribution is 6.30. The molecule has 1 saturated heterocycles. The van der Waals surface area contributed by atoms with Gasteiger partial charge in [0, 0.05) is 37.7 Å². The molecule has 0 spiro atoms. The van der Waals surface area contributed by atoms with Crippen molar-refractivity contribution in [1.82, 2.24) is 19.6 Å². The van der Waals surface area contributed by atoms with Crippen molar-refractivity contribution in [3.8, 4) is 0 Å². The molecule has 2 aromatic rings. The Morgan fingerprint density at radius 2 is 1.85 bits per heavy atom. The lowest BCUT2D eigenvalue weighted by Gasteiger charge is -2.38. The monoisotopic (exact) mass is 391 g/mol. The van der Waals surface area contributed by atoms with Gasteiger partial charge in [-0.15, -0.1) is 0 Å². The summed E-state index contributed by atoms with van der Waals surface area (Å²) in [4.78, 5) is 27.4. The summed E-state index contributed by atoms with van der Waals surface area (Å²) in [5, 5.41) is 15.6. The number of piperazine rings is 1. The Hall–Kier alpha value is -2.45. The van der Waals surface area contributed by atoms with Gasteiger partial charge in [-0.1, -0.05) is 23.7 Å². The molecule has 0 N–H and O–H groups in total. The first-order valence-electron chi connectivity index (χ1n) is 8.73. The molecule has 0 aliphatic carbocycles. The summed E-state index contributed by atoms with van der Waals surface area (Å²) in [7, 11) is 0. The highest BCUT2D eigenvalue weighted by Gasteiger charge is 2.36. The number of carbonyl (C=O) groups excluding carboxylic acids is 1. The summed E-state index contributed by atoms with van der Waals surface area (Å²) >= 11 is 5.92. The number of nitro groups is 1. The van der Waals surface area contributed by atoms with E-state index in [1.807, 2.05) is 24.3 Å². The zero-order valence-corrected chi connectivity index (χ0v) is 16.1. The average molecular weight is 392 g/mol. The molecule has 1 aromatic heterocycles. The van der Waals surface area contributed by atoms with E-state index in [0.717, 1.165) is 24.7 Å². The fourth-order valence-corrected chi connectivity index (χ4v) is 3.28. The lowest BCUT2D eigenvalue weighted by atomic mass is 10.0. The van der Waals surface area contributed by atoms with Crippen molar-refractivity contribution >= 4 is 23.2 Å². The molecule has 1 fully saturated rings. The highest BCUT2D eigenvalue weighted by atomic mass is 35.5. The SMILES string of the molecule is CC(C)(C(=O)N1CCN(Cc2ccc(Cl)cc2)CC1)n1cc([N+](=O)[O-])cn1. The van der Waals surface area contributed by atoms with E-state index < -0.39 is 10.5 Å². The Bertz CT molecular complexity index is 826. The first-order chi connectivity index (χ1) is 12.8. The van der Waals surface area contributed by atoms with Crippen molar-refractivity contribution in [3.05, 3.63) is 57.4 Å². The summed E-state index contributed by atoms with van der Waals surface area (Å²) in [6.45, 7) is 7.03. The predicted molar refractivity (Wildman–Crippen MR) is 102 cm³/mol. The van der Waals surface area contributed by atoms with Crippen LogP contribution in [0.25, 0.3) is 0 Å². The molecule has 0 bridgehead atoms. The first kappa shape index (κ1) is 19.3. The minimum absolute atomic E-state index is 0.0911. The molecule has 0 radical (unpaired) electrons. The largest absolute Gasteiger partial charge is 0.338 e. The number of aromatic nitrogens is 2. The highest BCUT2D eigenvalue weighted by Crippen LogP contribution is 2.22. The van der Waals surface area contributed by atoms with E-state index in [1.165, 1.54) is 22.6 Å². The smallest absolute Gasteiger partial charge is 0.307 e. The molecular weight excluding hydrogens is 370 g/mol. The first-order valence-corrected chi connectivity index (χ1v) is 9.11. The van der Waals surface area contributed by atoms with Crippen LogP contribution in [0.15, 0.2) is 36.7 Å². The van der Waals surface area contributed by atoms with Crippen molar-refractivity contribution in [1.29, 1.82) is 0 Å². The molecule has 8 nitrogen and oxygen atoms in total. The van der Waals surface area contributed by atoms with E-state index in [2.05, 4.69) is 10.00 Å². The fourth-order valence-electron chi connectivity index (χ4n) is 3.16. The molecular formula is C18H22ClN5O3. The van der Waals surface area contributed by atoms with Crippen molar-refractivity contribution < 1.29 is 9.72 Å². The fraction of sp³-hybridized carbons (Fsp3) is 0.444. The van der Waals surface area contributed by atoms with Crippen LogP contribution in [0.5, 0.6) is 0 Å². The van der Waals surface area contributed by atoms with E-state index in [-0.39, 0.29) is 11.6 Å². The van der Waals surface area contributed by atoms with Crippen LogP contribution < -0.4 is 0 Å². The maximum atomic E-state index is 13.0. The summed E-state index contributed by atoms with van der Waals surface area (Å²) in [5.41, 5.74) is 0.0825. The van der Waals surface area contributed by atoms with Gasteiger partial charge in [0.25, 0.3) is 0 Å². The standard InChI is InChI=1S/C18H22ClN5O3/c1-18(2,23-13-16(11-20-23)24(26)27)17(25)22-9-7-21(8-10-22)12-14-3-5-15(19)6-4-14/h3-6,11,13H,7-10,12H2,1-2H3. The van der Waals surface area contributed by atoms with Crippen LogP contribution in [0.3, 0.4) is 0 Å². The van der Waals surface area contributed by atoms with E-state index in [4.69, 9.17) is 11.6 Å². The third kappa shape index (κ3) is 4.28. The van der Waals surface area contributed by atoms with Crippen LogP contribution in [-0.4, -0.2) is 56.6 Å². The van der Waals surface area contributed by atoms with Gasteiger partial charge in [-0.25, -0.2) is 0 Å². The number of carbonyl (C=O) groups is 1. The normalized spacial score (nSPS) is 15.7. The number of hydrogen-bond donors (Lipinski definition) is 0. The molecule has 144 valence electrons. The molecule has 2 heterocycles. The lowest BCUT2D eigenvalue weighted by molar-refractivity contribution is -0.385. The molecule has 1 amide bonds. The van der Waals surface area contributed by atoms with Crippen LogP contribution in [0.4, 0.5) is 5.69 Å². The van der Waals surface area contributed by atoms with Crippen LogP contribution in [0, 0.1) is 10.1 Å². The topological polar surface area (TPSA) is 84.5 Å². The van der Waals surface area contributed by atoms with Crippen molar-refractivity contribution in [2.24, 2.45) is 0 Å². The van der Waals surface area contributed by atoms with E-state index in [0.29, 0.717) is 13.1 Å². The van der Waals surface area contributed by atoms with Gasteiger partial charge in [0.15, 0.2) is 0 Å². The van der Waals surface area contributed by atoms with Crippen LogP contribution >= 0.6 is 11.6 Å². The third-order valence-electron chi connectivity index (χ3n) is 4.85. The zero-order chi connectivity index (χ0) is 19.6. The van der Waals surface area contributed by atoms with E-state index in [9.17, 15) is 14.9 Å². The van der Waals surface area contributed by atoms with Gasteiger partial charge in [0.1, 0.15) is 17.9 Å². The molecule has 1 aliphatic heterocycles. The summed E-state index contributed by atoms with van der Waals surface area (Å²) in [6.07, 6.45) is 2.47. The van der Waals surface area contributed by atoms with Gasteiger partial charge in [-0.2, -0.15) is 5.10 Å². The molecule has 0 saturated carbocycles. The van der Waals surface area contributed by atoms with Gasteiger partial charge >= 0.3 is 5.69 Å². The van der Waals surface area contributed by atoms with Crippen molar-refractivity contribution in [3.63, 3.8) is 0 Å². The quantitative estimate of drug-likeness (QED) is 0.577. The molecule has 3 rings (SSSR count). The number of hydrogen-bond acceptors (Lipinski definition) is 5. The molecule has 27 heavy (non-hydrogen) atoms. The Balaban J connectivity index is 1.60. The molecule has 9 heteroatoms. The van der Waals surface area contributed by atoms with Crippen molar-refractivity contribution in [2.75, 3.05) is 26.2 Å². The number of amides is 1. The number of nitrogens with zero attached hydrogens (tertiary/aromatic N) is 5. The molecule has 1 aromatic carbocycles. The Morgan fingerprint density at radius 3 is 2.41 bits per heavy atom. The maximum Gasteiger partial charge on any atom is 0.307 e. The second kappa shape index (κ2) is 7.66. The minimum atomic E-state index is -0.980. The van der Waals surface area contributed by atoms with Gasteiger partial charge in [-0.3, -0.25) is 24.5 Å². The summed E-state index contributed by atoms with van der Waals surface area (Å²) in [5.74, 6) is -0.0911. The van der Waals surface area contributed by atoms with E-state index >= 15 is 0 Å². The Labute approximate surface area is 162 Å². The second-order valence-corrected chi connectivity index (χ2v) is 7.59. The molecule has 0 unspecified atom stereocenters. The molecule has 0 atom stereocenters. The predicted octanol–water partition coefficient (Wildman–Crippen LogP) is 2.52. The van der Waals surface area contributed by atoms with Crippen LogP contribution in [-0.2, 0) is 16.9 Å². The third-order valence-corrected chi connectivity index (χ3v) is 5.11. The second-order valence-electron chi connectivity index (χ2n) is 7.15. The number of rotatable bonds is 5. The van der Waals surface area contributed by atoms with E-state index in [1.54, 1.807) is 18.7 Å². The van der Waals surface area contributed by atoms with Gasteiger partial charge in [0.05, 0.1) is 4.92 Å². The van der Waals surface area contributed by atoms with Gasteiger partial charge in [0.2, 0.25) is 5.91 Å². The van der Waals surface area contributed by atoms with Crippen LogP contribution in [0.2, 0.25) is 5.02 Å². The number of benzene rings is 1. The molecule has 1 aliphatic rings. The Morgan fingerprint density at radius 1 is 1.22 bits per heavy atom. The lowest BCUT2D eigenvalue weighted by Crippen LogP contribution is -2.54. The van der Waals surface area contributed by atoms with Gasteiger partial charge in [-0.05, 0) is 31.5 Å². The Kier molecular flexibility index (Phi) is 5.48. The average Bonchev–Trinajstić information content (AvgIpc) is 3.15.